The van der Waals surface area contributed by atoms with Gasteiger partial charge in [-0.2, -0.15) is 0 Å². The smallest absolute Gasteiger partial charge is 0.124 e. The zero-order valence-electron chi connectivity index (χ0n) is 19.8. The van der Waals surface area contributed by atoms with Crippen LogP contribution in [0.25, 0.3) is 75.5 Å². The highest BCUT2D eigenvalue weighted by Crippen LogP contribution is 2.39. The summed E-state index contributed by atoms with van der Waals surface area (Å²) in [6.45, 7) is 0. The minimum Gasteiger partial charge on any atom is -0.256 e. The van der Waals surface area contributed by atoms with Crippen LogP contribution in [0.3, 0.4) is 0 Å². The van der Waals surface area contributed by atoms with Crippen molar-refractivity contribution in [3.63, 3.8) is 0 Å². The summed E-state index contributed by atoms with van der Waals surface area (Å²) < 4.78 is 1.22. The van der Waals surface area contributed by atoms with Gasteiger partial charge in [0, 0.05) is 17.3 Å². The van der Waals surface area contributed by atoms with Crippen LogP contribution in [0.1, 0.15) is 0 Å². The molecule has 0 aliphatic rings. The number of hydrogen-bond acceptors (Lipinski definition) is 3. The standard InChI is InChI=1S/C34H20N2S/c1-2-7-31-30(6-1)36-34(37-31)22-10-8-21(9-11-22)27-17-23-12-14-25-19-28(29-5-3-4-16-35-29)20-26-15-13-24(18-27)32(23)33(25)26/h1-20H. The summed E-state index contributed by atoms with van der Waals surface area (Å²) in [4.78, 5) is 9.38. The number of thiazole rings is 1. The number of benzene rings is 6. The lowest BCUT2D eigenvalue weighted by molar-refractivity contribution is 1.33. The number of hydrogen-bond donors (Lipinski definition) is 0. The zero-order valence-corrected chi connectivity index (χ0v) is 20.7. The molecule has 3 heteroatoms. The predicted octanol–water partition coefficient (Wildman–Crippen LogP) is 9.59. The van der Waals surface area contributed by atoms with E-state index in [-0.39, 0.29) is 0 Å². The first kappa shape index (κ1) is 20.6. The van der Waals surface area contributed by atoms with E-state index in [1.165, 1.54) is 48.1 Å². The van der Waals surface area contributed by atoms with Gasteiger partial charge in [-0.1, -0.05) is 66.7 Å². The lowest BCUT2D eigenvalue weighted by Gasteiger charge is -2.14. The number of para-hydroxylation sites is 1. The van der Waals surface area contributed by atoms with Crippen molar-refractivity contribution in [1.29, 1.82) is 0 Å². The number of pyridine rings is 1. The largest absolute Gasteiger partial charge is 0.256 e. The van der Waals surface area contributed by atoms with E-state index in [1.54, 1.807) is 11.3 Å². The Kier molecular flexibility index (Phi) is 4.42. The van der Waals surface area contributed by atoms with Crippen molar-refractivity contribution in [2.75, 3.05) is 0 Å². The van der Waals surface area contributed by atoms with Crippen LogP contribution in [0, 0.1) is 0 Å². The molecule has 6 aromatic carbocycles. The first-order chi connectivity index (χ1) is 18.3. The Morgan fingerprint density at radius 1 is 0.486 bits per heavy atom. The summed E-state index contributed by atoms with van der Waals surface area (Å²) in [5.74, 6) is 0. The zero-order chi connectivity index (χ0) is 24.3. The average Bonchev–Trinajstić information content (AvgIpc) is 3.40. The maximum absolute atomic E-state index is 4.82. The minimum absolute atomic E-state index is 1.00. The van der Waals surface area contributed by atoms with Crippen LogP contribution in [0.2, 0.25) is 0 Å². The molecule has 0 saturated heterocycles. The highest BCUT2D eigenvalue weighted by molar-refractivity contribution is 7.21. The fourth-order valence-corrected chi connectivity index (χ4v) is 6.46. The molecular formula is C34H20N2S. The lowest BCUT2D eigenvalue weighted by atomic mass is 9.90. The molecule has 8 aromatic rings. The van der Waals surface area contributed by atoms with E-state index in [4.69, 9.17) is 4.98 Å². The van der Waals surface area contributed by atoms with Gasteiger partial charge in [0.1, 0.15) is 5.01 Å². The molecule has 0 fully saturated rings. The lowest BCUT2D eigenvalue weighted by Crippen LogP contribution is -1.88. The number of fused-ring (bicyclic) bond motifs is 1. The third kappa shape index (κ3) is 3.32. The van der Waals surface area contributed by atoms with Crippen LogP contribution in [0.15, 0.2) is 121 Å². The predicted molar refractivity (Wildman–Crippen MR) is 157 cm³/mol. The van der Waals surface area contributed by atoms with E-state index in [2.05, 4.69) is 102 Å². The molecule has 172 valence electrons. The maximum atomic E-state index is 4.82. The van der Waals surface area contributed by atoms with Gasteiger partial charge < -0.3 is 0 Å². The topological polar surface area (TPSA) is 25.8 Å². The van der Waals surface area contributed by atoms with Crippen LogP contribution in [0.5, 0.6) is 0 Å². The molecule has 0 amide bonds. The summed E-state index contributed by atoms with van der Waals surface area (Å²) >= 11 is 1.74. The molecule has 0 saturated carbocycles. The van der Waals surface area contributed by atoms with Gasteiger partial charge in [-0.3, -0.25) is 4.98 Å². The molecular weight excluding hydrogens is 468 g/mol. The highest BCUT2D eigenvalue weighted by atomic mass is 32.1. The molecule has 2 nitrogen and oxygen atoms in total. The first-order valence-electron chi connectivity index (χ1n) is 12.4. The van der Waals surface area contributed by atoms with Crippen LogP contribution in [-0.4, -0.2) is 9.97 Å². The molecule has 2 heterocycles. The van der Waals surface area contributed by atoms with E-state index < -0.39 is 0 Å². The van der Waals surface area contributed by atoms with Crippen LogP contribution >= 0.6 is 11.3 Å². The Bertz CT molecular complexity index is 1970. The van der Waals surface area contributed by atoms with Crippen LogP contribution < -0.4 is 0 Å². The molecule has 8 rings (SSSR count). The monoisotopic (exact) mass is 488 g/mol. The van der Waals surface area contributed by atoms with Gasteiger partial charge >= 0.3 is 0 Å². The van der Waals surface area contributed by atoms with Gasteiger partial charge in [0.25, 0.3) is 0 Å². The second-order valence-electron chi connectivity index (χ2n) is 9.51. The molecule has 0 spiro atoms. The Morgan fingerprint density at radius 2 is 1.08 bits per heavy atom. The SMILES string of the molecule is c1ccc(-c2cc3ccc4cc(-c5ccc(-c6nc7ccccc7s6)cc5)cc5ccc(c2)c3c45)nc1. The third-order valence-electron chi connectivity index (χ3n) is 7.25. The summed E-state index contributed by atoms with van der Waals surface area (Å²) in [6.07, 6.45) is 1.85. The molecule has 0 unspecified atom stereocenters. The second-order valence-corrected chi connectivity index (χ2v) is 10.5. The van der Waals surface area contributed by atoms with Crippen molar-refractivity contribution >= 4 is 53.9 Å². The Labute approximate surface area is 217 Å². The molecule has 2 aromatic heterocycles. The van der Waals surface area contributed by atoms with Crippen LogP contribution in [0.4, 0.5) is 0 Å². The Hall–Kier alpha value is -4.60. The van der Waals surface area contributed by atoms with Gasteiger partial charge in [-0.15, -0.1) is 11.3 Å². The summed E-state index contributed by atoms with van der Waals surface area (Å²) in [7, 11) is 0. The average molecular weight is 489 g/mol. The Balaban J connectivity index is 1.23. The molecule has 0 bridgehead atoms. The first-order valence-corrected chi connectivity index (χ1v) is 13.2. The molecule has 0 aliphatic carbocycles. The summed E-state index contributed by atoms with van der Waals surface area (Å²) in [5.41, 5.74) is 6.82. The van der Waals surface area contributed by atoms with Crippen molar-refractivity contribution in [2.45, 2.75) is 0 Å². The van der Waals surface area contributed by atoms with Crippen molar-refractivity contribution < 1.29 is 0 Å². The van der Waals surface area contributed by atoms with Crippen molar-refractivity contribution in [3.05, 3.63) is 121 Å². The number of rotatable bonds is 3. The van der Waals surface area contributed by atoms with Crippen molar-refractivity contribution in [3.8, 4) is 33.0 Å². The Morgan fingerprint density at radius 3 is 1.70 bits per heavy atom. The molecule has 0 atom stereocenters. The van der Waals surface area contributed by atoms with Gasteiger partial charge in [-0.25, -0.2) is 4.98 Å². The highest BCUT2D eigenvalue weighted by Gasteiger charge is 2.13. The van der Waals surface area contributed by atoms with E-state index in [1.807, 2.05) is 24.4 Å². The van der Waals surface area contributed by atoms with Gasteiger partial charge in [0.2, 0.25) is 0 Å². The van der Waals surface area contributed by atoms with E-state index in [0.717, 1.165) is 27.3 Å². The fourth-order valence-electron chi connectivity index (χ4n) is 5.49. The van der Waals surface area contributed by atoms with Crippen LogP contribution in [-0.2, 0) is 0 Å². The van der Waals surface area contributed by atoms with E-state index in [0.29, 0.717) is 0 Å². The maximum Gasteiger partial charge on any atom is 0.124 e. The summed E-state index contributed by atoms with van der Waals surface area (Å²) in [6, 6.07) is 41.4. The number of nitrogens with zero attached hydrogens (tertiary/aromatic N) is 2. The molecule has 0 aliphatic heterocycles. The second kappa shape index (κ2) is 7.95. The summed E-state index contributed by atoms with van der Waals surface area (Å²) in [5, 5.41) is 8.77. The normalized spacial score (nSPS) is 11.8. The third-order valence-corrected chi connectivity index (χ3v) is 8.34. The van der Waals surface area contributed by atoms with E-state index >= 15 is 0 Å². The van der Waals surface area contributed by atoms with Gasteiger partial charge in [0.05, 0.1) is 15.9 Å². The molecule has 0 radical (unpaired) electrons. The van der Waals surface area contributed by atoms with Gasteiger partial charge in [0.15, 0.2) is 0 Å². The quantitative estimate of drug-likeness (QED) is 0.231. The van der Waals surface area contributed by atoms with Crippen molar-refractivity contribution in [2.24, 2.45) is 0 Å². The fraction of sp³-hybridized carbons (Fsp3) is 0. The molecule has 0 N–H and O–H groups in total. The van der Waals surface area contributed by atoms with Crippen molar-refractivity contribution in [1.82, 2.24) is 9.97 Å². The van der Waals surface area contributed by atoms with Gasteiger partial charge in [-0.05, 0) is 92.0 Å². The number of aromatic nitrogens is 2. The minimum atomic E-state index is 1.00. The molecule has 37 heavy (non-hydrogen) atoms. The van der Waals surface area contributed by atoms with E-state index in [9.17, 15) is 0 Å².